The summed E-state index contributed by atoms with van der Waals surface area (Å²) < 4.78 is 1.77. The van der Waals surface area contributed by atoms with E-state index >= 15 is 0 Å². The Labute approximate surface area is 201 Å². The second-order valence-electron chi connectivity index (χ2n) is 6.57. The van der Waals surface area contributed by atoms with Gasteiger partial charge in [0, 0.05) is 29.3 Å². The van der Waals surface area contributed by atoms with Crippen LogP contribution in [0.4, 0.5) is 11.4 Å². The van der Waals surface area contributed by atoms with E-state index in [4.69, 9.17) is 0 Å². The maximum atomic E-state index is 12.8. The van der Waals surface area contributed by atoms with Gasteiger partial charge in [-0.3, -0.25) is 9.59 Å². The Hall–Kier alpha value is -2.46. The van der Waals surface area contributed by atoms with Gasteiger partial charge in [-0.2, -0.15) is 0 Å². The number of carbonyl (C=O) groups is 2. The van der Waals surface area contributed by atoms with Crippen molar-refractivity contribution < 1.29 is 9.59 Å². The molecule has 0 fully saturated rings. The Bertz CT molecular complexity index is 1170. The molecule has 0 aliphatic rings. The number of halogens is 2. The van der Waals surface area contributed by atoms with Crippen LogP contribution in [0.1, 0.15) is 20.7 Å². The van der Waals surface area contributed by atoms with Gasteiger partial charge in [-0.05, 0) is 81.6 Å². The standard InChI is InChI=1S/C24H16I2N2O2/c25-19-11-3-1-7-17(19)23(29)27-21-13-5-10-16-15(21)9-6-14-22(16)28-24(30)18-8-2-4-12-20(18)26/h1-14H,(H,27,29)(H,28,30). The lowest BCUT2D eigenvalue weighted by Crippen LogP contribution is -2.14. The predicted molar refractivity (Wildman–Crippen MR) is 138 cm³/mol. The molecule has 0 aliphatic carbocycles. The van der Waals surface area contributed by atoms with E-state index < -0.39 is 0 Å². The number of carbonyl (C=O) groups excluding carboxylic acids is 2. The van der Waals surface area contributed by atoms with Gasteiger partial charge in [-0.25, -0.2) is 0 Å². The summed E-state index contributed by atoms with van der Waals surface area (Å²) in [6, 6.07) is 26.2. The van der Waals surface area contributed by atoms with E-state index in [1.54, 1.807) is 12.1 Å². The van der Waals surface area contributed by atoms with Gasteiger partial charge in [-0.1, -0.05) is 48.5 Å². The van der Waals surface area contributed by atoms with Gasteiger partial charge >= 0.3 is 0 Å². The fourth-order valence-electron chi connectivity index (χ4n) is 3.20. The monoisotopic (exact) mass is 618 g/mol. The van der Waals surface area contributed by atoms with Crippen molar-refractivity contribution in [1.82, 2.24) is 0 Å². The summed E-state index contributed by atoms with van der Waals surface area (Å²) in [5.74, 6) is -0.332. The largest absolute Gasteiger partial charge is 0.321 e. The van der Waals surface area contributed by atoms with Gasteiger partial charge in [0.1, 0.15) is 0 Å². The van der Waals surface area contributed by atoms with E-state index in [-0.39, 0.29) is 11.8 Å². The number of hydrogen-bond acceptors (Lipinski definition) is 2. The van der Waals surface area contributed by atoms with Crippen molar-refractivity contribution in [3.8, 4) is 0 Å². The molecule has 148 valence electrons. The highest BCUT2D eigenvalue weighted by Gasteiger charge is 2.14. The third kappa shape index (κ3) is 4.34. The van der Waals surface area contributed by atoms with Crippen LogP contribution in [0.25, 0.3) is 10.8 Å². The molecule has 0 saturated heterocycles. The molecule has 2 N–H and O–H groups in total. The summed E-state index contributed by atoms with van der Waals surface area (Å²) in [6.45, 7) is 0. The Morgan fingerprint density at radius 1 is 0.533 bits per heavy atom. The second-order valence-corrected chi connectivity index (χ2v) is 8.90. The minimum Gasteiger partial charge on any atom is -0.321 e. The number of nitrogens with one attached hydrogen (secondary N) is 2. The Morgan fingerprint density at radius 2 is 0.933 bits per heavy atom. The van der Waals surface area contributed by atoms with Crippen molar-refractivity contribution >= 4 is 79.1 Å². The van der Waals surface area contributed by atoms with Crippen LogP contribution in [0.2, 0.25) is 0 Å². The maximum absolute atomic E-state index is 12.8. The predicted octanol–water partition coefficient (Wildman–Crippen LogP) is 6.55. The van der Waals surface area contributed by atoms with E-state index in [0.29, 0.717) is 22.5 Å². The highest BCUT2D eigenvalue weighted by molar-refractivity contribution is 14.1. The first kappa shape index (κ1) is 20.8. The number of amides is 2. The zero-order chi connectivity index (χ0) is 21.1. The minimum absolute atomic E-state index is 0.166. The van der Waals surface area contributed by atoms with Gasteiger partial charge < -0.3 is 10.6 Å². The maximum Gasteiger partial charge on any atom is 0.256 e. The first-order valence-corrected chi connectivity index (χ1v) is 11.3. The van der Waals surface area contributed by atoms with Crippen LogP contribution < -0.4 is 10.6 Å². The van der Waals surface area contributed by atoms with E-state index in [1.807, 2.05) is 72.8 Å². The molecule has 6 heteroatoms. The van der Waals surface area contributed by atoms with Crippen LogP contribution in [-0.2, 0) is 0 Å². The van der Waals surface area contributed by atoms with E-state index in [9.17, 15) is 9.59 Å². The molecule has 0 aliphatic heterocycles. The number of benzene rings is 4. The molecule has 0 atom stereocenters. The molecule has 4 nitrogen and oxygen atoms in total. The fourth-order valence-corrected chi connectivity index (χ4v) is 4.46. The molecule has 4 aromatic carbocycles. The van der Waals surface area contributed by atoms with E-state index in [1.165, 1.54) is 0 Å². The van der Waals surface area contributed by atoms with E-state index in [2.05, 4.69) is 55.8 Å². The smallest absolute Gasteiger partial charge is 0.256 e. The molecule has 0 saturated carbocycles. The van der Waals surface area contributed by atoms with Crippen molar-refractivity contribution in [3.63, 3.8) is 0 Å². The molecule has 0 unspecified atom stereocenters. The van der Waals surface area contributed by atoms with Crippen molar-refractivity contribution in [3.05, 3.63) is 103 Å². The first-order valence-electron chi connectivity index (χ1n) is 9.18. The van der Waals surface area contributed by atoms with Crippen LogP contribution in [0.5, 0.6) is 0 Å². The molecule has 4 rings (SSSR count). The van der Waals surface area contributed by atoms with Crippen LogP contribution in [0.15, 0.2) is 84.9 Å². The molecule has 0 bridgehead atoms. The average Bonchev–Trinajstić information content (AvgIpc) is 2.75. The molecule has 0 radical (unpaired) electrons. The topological polar surface area (TPSA) is 58.2 Å². The molecule has 4 aromatic rings. The number of fused-ring (bicyclic) bond motifs is 1. The zero-order valence-corrected chi connectivity index (χ0v) is 20.0. The Morgan fingerprint density at radius 3 is 1.33 bits per heavy atom. The van der Waals surface area contributed by atoms with Crippen LogP contribution >= 0.6 is 45.2 Å². The highest BCUT2D eigenvalue weighted by Crippen LogP contribution is 2.30. The highest BCUT2D eigenvalue weighted by atomic mass is 127. The van der Waals surface area contributed by atoms with Gasteiger partial charge in [-0.15, -0.1) is 0 Å². The summed E-state index contributed by atoms with van der Waals surface area (Å²) in [4.78, 5) is 25.6. The number of rotatable bonds is 4. The van der Waals surface area contributed by atoms with Crippen LogP contribution in [0.3, 0.4) is 0 Å². The molecule has 0 spiro atoms. The summed E-state index contributed by atoms with van der Waals surface area (Å²) in [5, 5.41) is 7.73. The van der Waals surface area contributed by atoms with Crippen molar-refractivity contribution in [1.29, 1.82) is 0 Å². The normalized spacial score (nSPS) is 10.6. The van der Waals surface area contributed by atoms with Gasteiger partial charge in [0.25, 0.3) is 11.8 Å². The fraction of sp³-hybridized carbons (Fsp3) is 0. The first-order chi connectivity index (χ1) is 14.5. The van der Waals surface area contributed by atoms with Gasteiger partial charge in [0.05, 0.1) is 11.1 Å². The lowest BCUT2D eigenvalue weighted by molar-refractivity contribution is 0.101. The van der Waals surface area contributed by atoms with Crippen molar-refractivity contribution in [2.75, 3.05) is 10.6 Å². The van der Waals surface area contributed by atoms with E-state index in [0.717, 1.165) is 17.9 Å². The van der Waals surface area contributed by atoms with Gasteiger partial charge in [0.2, 0.25) is 0 Å². The Balaban J connectivity index is 1.67. The molecule has 2 amide bonds. The van der Waals surface area contributed by atoms with Crippen molar-refractivity contribution in [2.45, 2.75) is 0 Å². The third-order valence-corrected chi connectivity index (χ3v) is 6.54. The lowest BCUT2D eigenvalue weighted by atomic mass is 10.1. The molecular weight excluding hydrogens is 602 g/mol. The SMILES string of the molecule is O=C(Nc1cccc2c(NC(=O)c3ccccc3I)cccc12)c1ccccc1I. The summed E-state index contributed by atoms with van der Waals surface area (Å²) in [5.41, 5.74) is 2.64. The minimum atomic E-state index is -0.166. The molecular formula is C24H16I2N2O2. The van der Waals surface area contributed by atoms with Crippen molar-refractivity contribution in [2.24, 2.45) is 0 Å². The summed E-state index contributed by atoms with van der Waals surface area (Å²) in [7, 11) is 0. The quantitative estimate of drug-likeness (QED) is 0.255. The number of hydrogen-bond donors (Lipinski definition) is 2. The average molecular weight is 618 g/mol. The van der Waals surface area contributed by atoms with Crippen LogP contribution in [-0.4, -0.2) is 11.8 Å². The lowest BCUT2D eigenvalue weighted by Gasteiger charge is -2.13. The number of anilines is 2. The summed E-state index contributed by atoms with van der Waals surface area (Å²) in [6.07, 6.45) is 0. The van der Waals surface area contributed by atoms with Gasteiger partial charge in [0.15, 0.2) is 0 Å². The second kappa shape index (κ2) is 9.13. The molecule has 0 heterocycles. The summed E-state index contributed by atoms with van der Waals surface area (Å²) >= 11 is 4.31. The molecule has 30 heavy (non-hydrogen) atoms. The van der Waals surface area contributed by atoms with Crippen LogP contribution in [0, 0.1) is 7.14 Å². The Kier molecular flexibility index (Phi) is 6.33. The molecule has 0 aromatic heterocycles. The zero-order valence-electron chi connectivity index (χ0n) is 15.7. The third-order valence-electron chi connectivity index (χ3n) is 4.66.